The van der Waals surface area contributed by atoms with Gasteiger partial charge in [0.25, 0.3) is 0 Å². The fraction of sp³-hybridized carbons (Fsp3) is 0.769. The van der Waals surface area contributed by atoms with Crippen molar-refractivity contribution in [3.8, 4) is 0 Å². The van der Waals surface area contributed by atoms with Crippen LogP contribution in [0.3, 0.4) is 0 Å². The summed E-state index contributed by atoms with van der Waals surface area (Å²) < 4.78 is 25.4. The first-order valence-corrected chi connectivity index (χ1v) is 8.69. The summed E-state index contributed by atoms with van der Waals surface area (Å²) in [5.41, 5.74) is 2.26. The van der Waals surface area contributed by atoms with E-state index >= 15 is 0 Å². The fourth-order valence-corrected chi connectivity index (χ4v) is 4.39. The molecule has 0 aromatic carbocycles. The fourth-order valence-electron chi connectivity index (χ4n) is 2.98. The quantitative estimate of drug-likeness (QED) is 0.907. The molecule has 1 N–H and O–H groups in total. The van der Waals surface area contributed by atoms with Gasteiger partial charge in [-0.05, 0) is 26.7 Å². The predicted octanol–water partition coefficient (Wildman–Crippen LogP) is 1.34. The van der Waals surface area contributed by atoms with Gasteiger partial charge in [0, 0.05) is 36.6 Å². The summed E-state index contributed by atoms with van der Waals surface area (Å²) >= 11 is 0. The van der Waals surface area contributed by atoms with Crippen LogP contribution >= 0.6 is 0 Å². The first-order valence-electron chi connectivity index (χ1n) is 6.74. The molecule has 0 spiro atoms. The SMILES string of the molecule is Cc1c(C(C)NC2CCCC2S(C)(=O)=O)cnn1C. The van der Waals surface area contributed by atoms with E-state index in [0.717, 1.165) is 30.5 Å². The summed E-state index contributed by atoms with van der Waals surface area (Å²) in [6.45, 7) is 4.10. The average molecular weight is 285 g/mol. The molecule has 19 heavy (non-hydrogen) atoms. The van der Waals surface area contributed by atoms with Crippen molar-refractivity contribution in [1.82, 2.24) is 15.1 Å². The van der Waals surface area contributed by atoms with Crippen LogP contribution in [0.5, 0.6) is 0 Å². The van der Waals surface area contributed by atoms with Crippen LogP contribution in [0.4, 0.5) is 0 Å². The molecule has 1 aromatic rings. The minimum atomic E-state index is -2.97. The van der Waals surface area contributed by atoms with Crippen LogP contribution in [-0.4, -0.2) is 35.7 Å². The summed E-state index contributed by atoms with van der Waals surface area (Å²) in [5, 5.41) is 7.47. The first-order chi connectivity index (χ1) is 8.80. The Morgan fingerprint density at radius 2 is 2.16 bits per heavy atom. The number of sulfone groups is 1. The van der Waals surface area contributed by atoms with Gasteiger partial charge in [0.15, 0.2) is 9.84 Å². The minimum absolute atomic E-state index is 0.0598. The Morgan fingerprint density at radius 1 is 1.47 bits per heavy atom. The minimum Gasteiger partial charge on any atom is -0.306 e. The number of hydrogen-bond donors (Lipinski definition) is 1. The molecule has 1 heterocycles. The zero-order valence-corrected chi connectivity index (χ0v) is 12.9. The monoisotopic (exact) mass is 285 g/mol. The zero-order chi connectivity index (χ0) is 14.2. The van der Waals surface area contributed by atoms with E-state index in [4.69, 9.17) is 0 Å². The molecule has 0 aliphatic heterocycles. The molecule has 2 rings (SSSR count). The molecular weight excluding hydrogens is 262 g/mol. The van der Waals surface area contributed by atoms with Gasteiger partial charge in [0.1, 0.15) is 0 Å². The Hall–Kier alpha value is -0.880. The Labute approximate surface area is 115 Å². The van der Waals surface area contributed by atoms with Crippen LogP contribution < -0.4 is 5.32 Å². The van der Waals surface area contributed by atoms with Crippen LogP contribution in [0.1, 0.15) is 43.5 Å². The Kier molecular flexibility index (Phi) is 4.01. The van der Waals surface area contributed by atoms with E-state index in [0.29, 0.717) is 0 Å². The predicted molar refractivity (Wildman–Crippen MR) is 75.8 cm³/mol. The van der Waals surface area contributed by atoms with E-state index in [1.165, 1.54) is 6.26 Å². The van der Waals surface area contributed by atoms with E-state index in [9.17, 15) is 8.42 Å². The normalized spacial score (nSPS) is 25.7. The smallest absolute Gasteiger partial charge is 0.151 e. The largest absolute Gasteiger partial charge is 0.306 e. The van der Waals surface area contributed by atoms with Crippen molar-refractivity contribution >= 4 is 9.84 Å². The third-order valence-corrected chi connectivity index (χ3v) is 5.87. The van der Waals surface area contributed by atoms with Crippen molar-refractivity contribution in [2.45, 2.75) is 50.4 Å². The van der Waals surface area contributed by atoms with Gasteiger partial charge >= 0.3 is 0 Å². The topological polar surface area (TPSA) is 64.0 Å². The van der Waals surface area contributed by atoms with Gasteiger partial charge in [-0.3, -0.25) is 4.68 Å². The zero-order valence-electron chi connectivity index (χ0n) is 12.0. The molecule has 0 amide bonds. The van der Waals surface area contributed by atoms with E-state index in [-0.39, 0.29) is 17.3 Å². The van der Waals surface area contributed by atoms with Crippen LogP contribution in [0.2, 0.25) is 0 Å². The second-order valence-electron chi connectivity index (χ2n) is 5.60. The number of aromatic nitrogens is 2. The summed E-state index contributed by atoms with van der Waals surface area (Å²) in [6.07, 6.45) is 5.89. The molecule has 108 valence electrons. The molecule has 1 aromatic heterocycles. The van der Waals surface area contributed by atoms with Gasteiger partial charge in [-0.25, -0.2) is 8.42 Å². The summed E-state index contributed by atoms with van der Waals surface area (Å²) in [7, 11) is -1.05. The maximum Gasteiger partial charge on any atom is 0.151 e. The van der Waals surface area contributed by atoms with Gasteiger partial charge in [-0.1, -0.05) is 6.42 Å². The van der Waals surface area contributed by atoms with Crippen molar-refractivity contribution in [3.05, 3.63) is 17.5 Å². The second kappa shape index (κ2) is 5.25. The van der Waals surface area contributed by atoms with E-state index in [2.05, 4.69) is 17.3 Å². The highest BCUT2D eigenvalue weighted by Gasteiger charge is 2.35. The third kappa shape index (κ3) is 3.00. The molecule has 5 nitrogen and oxygen atoms in total. The summed E-state index contributed by atoms with van der Waals surface area (Å²) in [4.78, 5) is 0. The Balaban J connectivity index is 2.11. The highest BCUT2D eigenvalue weighted by Crippen LogP contribution is 2.28. The van der Waals surface area contributed by atoms with Gasteiger partial charge in [-0.2, -0.15) is 5.10 Å². The standard InChI is InChI=1S/C13H23N3O2S/c1-9(11-8-14-16(3)10(11)2)15-12-6-5-7-13(12)19(4,17)18/h8-9,12-13,15H,5-7H2,1-4H3. The highest BCUT2D eigenvalue weighted by atomic mass is 32.2. The third-order valence-electron chi connectivity index (χ3n) is 4.21. The lowest BCUT2D eigenvalue weighted by molar-refractivity contribution is 0.454. The molecule has 1 fully saturated rings. The lowest BCUT2D eigenvalue weighted by Gasteiger charge is -2.24. The lowest BCUT2D eigenvalue weighted by Crippen LogP contribution is -2.41. The van der Waals surface area contributed by atoms with Gasteiger partial charge in [0.2, 0.25) is 0 Å². The Morgan fingerprint density at radius 3 is 2.68 bits per heavy atom. The van der Waals surface area contributed by atoms with Gasteiger partial charge < -0.3 is 5.32 Å². The number of hydrogen-bond acceptors (Lipinski definition) is 4. The van der Waals surface area contributed by atoms with E-state index in [1.807, 2.05) is 24.9 Å². The van der Waals surface area contributed by atoms with Crippen LogP contribution in [0.15, 0.2) is 6.20 Å². The first kappa shape index (κ1) is 14.5. The van der Waals surface area contributed by atoms with Crippen molar-refractivity contribution in [2.75, 3.05) is 6.26 Å². The van der Waals surface area contributed by atoms with Gasteiger partial charge in [0.05, 0.1) is 11.4 Å². The number of nitrogens with one attached hydrogen (secondary N) is 1. The van der Waals surface area contributed by atoms with Crippen molar-refractivity contribution < 1.29 is 8.42 Å². The molecule has 1 saturated carbocycles. The maximum atomic E-state index is 11.8. The van der Waals surface area contributed by atoms with Gasteiger partial charge in [-0.15, -0.1) is 0 Å². The molecule has 6 heteroatoms. The highest BCUT2D eigenvalue weighted by molar-refractivity contribution is 7.91. The average Bonchev–Trinajstić information content (AvgIpc) is 2.87. The number of rotatable bonds is 4. The number of nitrogens with zero attached hydrogens (tertiary/aromatic N) is 2. The van der Waals surface area contributed by atoms with Crippen molar-refractivity contribution in [2.24, 2.45) is 7.05 Å². The van der Waals surface area contributed by atoms with Crippen molar-refractivity contribution in [3.63, 3.8) is 0 Å². The van der Waals surface area contributed by atoms with Crippen LogP contribution in [0, 0.1) is 6.92 Å². The molecule has 0 saturated heterocycles. The molecule has 3 unspecified atom stereocenters. The molecule has 1 aliphatic rings. The van der Waals surface area contributed by atoms with E-state index < -0.39 is 9.84 Å². The summed E-state index contributed by atoms with van der Waals surface area (Å²) in [6, 6.07) is 0.186. The van der Waals surface area contributed by atoms with Crippen molar-refractivity contribution in [1.29, 1.82) is 0 Å². The molecule has 0 radical (unpaired) electrons. The lowest BCUT2D eigenvalue weighted by atomic mass is 10.1. The second-order valence-corrected chi connectivity index (χ2v) is 7.87. The number of aryl methyl sites for hydroxylation is 1. The van der Waals surface area contributed by atoms with E-state index in [1.54, 1.807) is 0 Å². The molecule has 0 bridgehead atoms. The van der Waals surface area contributed by atoms with Crippen LogP contribution in [0.25, 0.3) is 0 Å². The maximum absolute atomic E-state index is 11.8. The summed E-state index contributed by atoms with van der Waals surface area (Å²) in [5.74, 6) is 0. The molecule has 1 aliphatic carbocycles. The molecular formula is C13H23N3O2S. The molecule has 3 atom stereocenters. The van der Waals surface area contributed by atoms with Crippen LogP contribution in [-0.2, 0) is 16.9 Å². The Bertz CT molecular complexity index is 550.